The molecule has 0 saturated heterocycles. The fourth-order valence-corrected chi connectivity index (χ4v) is 2.68. The second kappa shape index (κ2) is 7.02. The van der Waals surface area contributed by atoms with E-state index in [1.807, 2.05) is 48.7 Å². The normalized spacial score (nSPS) is 10.6. The molecule has 7 heteroatoms. The Bertz CT molecular complexity index is 1040. The van der Waals surface area contributed by atoms with Gasteiger partial charge in [-0.3, -0.25) is 4.98 Å². The lowest BCUT2D eigenvalue weighted by Crippen LogP contribution is -2.28. The van der Waals surface area contributed by atoms with Crippen molar-refractivity contribution in [3.63, 3.8) is 0 Å². The first-order valence-corrected chi connectivity index (χ1v) is 8.12. The summed E-state index contributed by atoms with van der Waals surface area (Å²) in [4.78, 5) is 20.6. The van der Waals surface area contributed by atoms with Crippen molar-refractivity contribution in [1.29, 1.82) is 0 Å². The summed E-state index contributed by atoms with van der Waals surface area (Å²) in [5.41, 5.74) is 1.68. The third-order valence-corrected chi connectivity index (χ3v) is 3.93. The van der Waals surface area contributed by atoms with Crippen molar-refractivity contribution in [2.75, 3.05) is 5.32 Å². The summed E-state index contributed by atoms with van der Waals surface area (Å²) in [6, 6.07) is 12.9. The zero-order chi connectivity index (χ0) is 17.8. The number of pyridine rings is 2. The number of nitrogens with one attached hydrogen (secondary N) is 2. The Morgan fingerprint density at radius 2 is 2.04 bits per heavy atom. The van der Waals surface area contributed by atoms with Crippen molar-refractivity contribution in [3.05, 3.63) is 79.0 Å². The van der Waals surface area contributed by atoms with Crippen LogP contribution in [0.15, 0.2) is 73.4 Å². The van der Waals surface area contributed by atoms with E-state index in [-0.39, 0.29) is 6.03 Å². The molecule has 128 valence electrons. The van der Waals surface area contributed by atoms with Crippen LogP contribution in [-0.4, -0.2) is 25.8 Å². The van der Waals surface area contributed by atoms with E-state index in [0.717, 1.165) is 22.0 Å². The van der Waals surface area contributed by atoms with Gasteiger partial charge in [-0.05, 0) is 35.9 Å². The van der Waals surface area contributed by atoms with Crippen molar-refractivity contribution in [2.24, 2.45) is 0 Å². The van der Waals surface area contributed by atoms with Crippen LogP contribution in [0.5, 0.6) is 0 Å². The van der Waals surface area contributed by atoms with E-state index in [2.05, 4.69) is 25.7 Å². The Morgan fingerprint density at radius 1 is 1.08 bits per heavy atom. The number of fused-ring (bicyclic) bond motifs is 1. The average Bonchev–Trinajstić information content (AvgIpc) is 3.22. The minimum atomic E-state index is -0.272. The molecule has 3 heterocycles. The number of aromatic nitrogens is 4. The van der Waals surface area contributed by atoms with E-state index in [4.69, 9.17) is 0 Å². The zero-order valence-electron chi connectivity index (χ0n) is 13.8. The number of urea groups is 1. The average molecular weight is 344 g/mol. The molecule has 0 spiro atoms. The van der Waals surface area contributed by atoms with Crippen molar-refractivity contribution in [3.8, 4) is 5.82 Å². The van der Waals surface area contributed by atoms with Crippen LogP contribution in [0.2, 0.25) is 0 Å². The van der Waals surface area contributed by atoms with Crippen LogP contribution in [0.1, 0.15) is 5.56 Å². The number of carbonyl (C=O) groups is 1. The van der Waals surface area contributed by atoms with Gasteiger partial charge in [-0.15, -0.1) is 0 Å². The summed E-state index contributed by atoms with van der Waals surface area (Å²) in [5, 5.41) is 11.8. The molecule has 0 aliphatic rings. The van der Waals surface area contributed by atoms with Gasteiger partial charge in [0.2, 0.25) is 0 Å². The summed E-state index contributed by atoms with van der Waals surface area (Å²) in [6.07, 6.45) is 8.69. The molecule has 0 radical (unpaired) electrons. The minimum Gasteiger partial charge on any atom is -0.334 e. The van der Waals surface area contributed by atoms with Gasteiger partial charge in [-0.2, -0.15) is 5.10 Å². The van der Waals surface area contributed by atoms with E-state index in [0.29, 0.717) is 12.4 Å². The number of amides is 2. The van der Waals surface area contributed by atoms with E-state index in [9.17, 15) is 4.79 Å². The lowest BCUT2D eigenvalue weighted by atomic mass is 10.1. The second-order valence-electron chi connectivity index (χ2n) is 5.68. The number of rotatable bonds is 4. The van der Waals surface area contributed by atoms with Crippen molar-refractivity contribution in [2.45, 2.75) is 6.54 Å². The van der Waals surface area contributed by atoms with Crippen LogP contribution < -0.4 is 10.6 Å². The standard InChI is InChI=1S/C19H16N6O/c26-19(24-17-4-1-3-15-13-20-8-6-16(15)17)22-12-14-5-9-21-18(11-14)25-10-2-7-23-25/h1-11,13H,12H2,(H2,22,24,26). The molecule has 3 aromatic heterocycles. The van der Waals surface area contributed by atoms with Crippen molar-refractivity contribution in [1.82, 2.24) is 25.1 Å². The van der Waals surface area contributed by atoms with Crippen molar-refractivity contribution < 1.29 is 4.79 Å². The molecule has 4 aromatic rings. The Morgan fingerprint density at radius 3 is 2.92 bits per heavy atom. The largest absolute Gasteiger partial charge is 0.334 e. The number of hydrogen-bond acceptors (Lipinski definition) is 4. The molecule has 0 atom stereocenters. The SMILES string of the molecule is O=C(NCc1ccnc(-n2cccn2)c1)Nc1cccc2cnccc12. The highest BCUT2D eigenvalue weighted by Crippen LogP contribution is 2.21. The first-order chi connectivity index (χ1) is 12.8. The molecule has 0 saturated carbocycles. The maximum absolute atomic E-state index is 12.3. The van der Waals surface area contributed by atoms with Crippen LogP contribution in [0.4, 0.5) is 10.5 Å². The zero-order valence-corrected chi connectivity index (χ0v) is 13.8. The first kappa shape index (κ1) is 15.8. The van der Waals surface area contributed by atoms with Gasteiger partial charge >= 0.3 is 6.03 Å². The summed E-state index contributed by atoms with van der Waals surface area (Å²) >= 11 is 0. The predicted molar refractivity (Wildman–Crippen MR) is 99.0 cm³/mol. The highest BCUT2D eigenvalue weighted by molar-refractivity contribution is 6.01. The number of carbonyl (C=O) groups excluding carboxylic acids is 1. The lowest BCUT2D eigenvalue weighted by Gasteiger charge is -2.10. The van der Waals surface area contributed by atoms with E-state index in [1.165, 1.54) is 0 Å². The molecule has 7 nitrogen and oxygen atoms in total. The fraction of sp³-hybridized carbons (Fsp3) is 0.0526. The number of hydrogen-bond donors (Lipinski definition) is 2. The van der Waals surface area contributed by atoms with E-state index >= 15 is 0 Å². The Hall–Kier alpha value is -3.74. The molecular formula is C19H16N6O. The first-order valence-electron chi connectivity index (χ1n) is 8.12. The Labute approximate surface area is 149 Å². The van der Waals surface area contributed by atoms with Gasteiger partial charge in [0.05, 0.1) is 5.69 Å². The van der Waals surface area contributed by atoms with Gasteiger partial charge in [0.25, 0.3) is 0 Å². The molecule has 4 rings (SSSR count). The molecule has 2 amide bonds. The van der Waals surface area contributed by atoms with Crippen LogP contribution in [0, 0.1) is 0 Å². The van der Waals surface area contributed by atoms with Crippen LogP contribution in [0.3, 0.4) is 0 Å². The Kier molecular flexibility index (Phi) is 4.26. The number of nitrogens with zero attached hydrogens (tertiary/aromatic N) is 4. The smallest absolute Gasteiger partial charge is 0.319 e. The third-order valence-electron chi connectivity index (χ3n) is 3.93. The number of benzene rings is 1. The maximum atomic E-state index is 12.3. The van der Waals surface area contributed by atoms with Gasteiger partial charge in [0, 0.05) is 48.3 Å². The molecule has 1 aromatic carbocycles. The lowest BCUT2D eigenvalue weighted by molar-refractivity contribution is 0.252. The summed E-state index contributed by atoms with van der Waals surface area (Å²) < 4.78 is 1.67. The third kappa shape index (κ3) is 3.36. The Balaban J connectivity index is 1.43. The van der Waals surface area contributed by atoms with Gasteiger partial charge in [0.1, 0.15) is 0 Å². The van der Waals surface area contributed by atoms with Crippen LogP contribution >= 0.6 is 0 Å². The molecule has 0 fully saturated rings. The second-order valence-corrected chi connectivity index (χ2v) is 5.68. The fourth-order valence-electron chi connectivity index (χ4n) is 2.68. The van der Waals surface area contributed by atoms with Gasteiger partial charge in [0.15, 0.2) is 5.82 Å². The monoisotopic (exact) mass is 344 g/mol. The van der Waals surface area contributed by atoms with Gasteiger partial charge < -0.3 is 10.6 Å². The van der Waals surface area contributed by atoms with Crippen LogP contribution in [0.25, 0.3) is 16.6 Å². The topological polar surface area (TPSA) is 84.7 Å². The highest BCUT2D eigenvalue weighted by atomic mass is 16.2. The molecule has 0 aliphatic carbocycles. The maximum Gasteiger partial charge on any atom is 0.319 e. The highest BCUT2D eigenvalue weighted by Gasteiger charge is 2.06. The molecule has 2 N–H and O–H groups in total. The van der Waals surface area contributed by atoms with Crippen molar-refractivity contribution >= 4 is 22.5 Å². The van der Waals surface area contributed by atoms with E-state index in [1.54, 1.807) is 29.5 Å². The molecule has 0 bridgehead atoms. The van der Waals surface area contributed by atoms with Crippen LogP contribution in [-0.2, 0) is 6.54 Å². The summed E-state index contributed by atoms with van der Waals surface area (Å²) in [5.74, 6) is 0.705. The summed E-state index contributed by atoms with van der Waals surface area (Å²) in [6.45, 7) is 0.384. The molecule has 26 heavy (non-hydrogen) atoms. The van der Waals surface area contributed by atoms with E-state index < -0.39 is 0 Å². The molecule has 0 unspecified atom stereocenters. The molecule has 0 aliphatic heterocycles. The quantitative estimate of drug-likeness (QED) is 0.596. The molecular weight excluding hydrogens is 328 g/mol. The predicted octanol–water partition coefficient (Wildman–Crippen LogP) is 3.14. The van der Waals surface area contributed by atoms with Gasteiger partial charge in [-0.1, -0.05) is 12.1 Å². The summed E-state index contributed by atoms with van der Waals surface area (Å²) in [7, 11) is 0. The van der Waals surface area contributed by atoms with Gasteiger partial charge in [-0.25, -0.2) is 14.5 Å². The number of anilines is 1. The minimum absolute atomic E-state index is 0.272.